The van der Waals surface area contributed by atoms with Crippen LogP contribution < -0.4 is 10.1 Å². The minimum absolute atomic E-state index is 0.428. The van der Waals surface area contributed by atoms with E-state index in [0.29, 0.717) is 6.04 Å². The summed E-state index contributed by atoms with van der Waals surface area (Å²) in [6.45, 7) is 0.833. The van der Waals surface area contributed by atoms with E-state index < -0.39 is 0 Å². The number of benzene rings is 1. The van der Waals surface area contributed by atoms with Gasteiger partial charge in [0.25, 0.3) is 0 Å². The highest BCUT2D eigenvalue weighted by Crippen LogP contribution is 2.41. The van der Waals surface area contributed by atoms with E-state index in [4.69, 9.17) is 4.74 Å². The summed E-state index contributed by atoms with van der Waals surface area (Å²) in [5, 5.41) is 3.57. The van der Waals surface area contributed by atoms with Crippen LogP contribution >= 0.6 is 15.9 Å². The van der Waals surface area contributed by atoms with Crippen LogP contribution in [0.15, 0.2) is 16.6 Å². The maximum atomic E-state index is 5.93. The Morgan fingerprint density at radius 3 is 2.65 bits per heavy atom. The molecule has 1 atom stereocenters. The molecule has 20 heavy (non-hydrogen) atoms. The molecule has 1 heterocycles. The fourth-order valence-corrected chi connectivity index (χ4v) is 4.34. The normalized spacial score (nSPS) is 21.1. The van der Waals surface area contributed by atoms with Gasteiger partial charge in [0.2, 0.25) is 0 Å². The first-order valence-corrected chi connectivity index (χ1v) is 8.71. The lowest BCUT2D eigenvalue weighted by atomic mass is 9.86. The Bertz CT molecular complexity index is 466. The van der Waals surface area contributed by atoms with Crippen molar-refractivity contribution in [3.05, 3.63) is 27.7 Å². The van der Waals surface area contributed by atoms with Crippen molar-refractivity contribution in [2.24, 2.45) is 5.92 Å². The van der Waals surface area contributed by atoms with E-state index in [9.17, 15) is 0 Å². The van der Waals surface area contributed by atoms with Crippen molar-refractivity contribution in [1.29, 1.82) is 0 Å². The van der Waals surface area contributed by atoms with Gasteiger partial charge in [0.15, 0.2) is 0 Å². The lowest BCUT2D eigenvalue weighted by molar-refractivity contribution is 0.315. The Hall–Kier alpha value is -0.540. The standard InChI is InChI=1S/C17H24BrNO/c1-19-16(12-6-4-2-3-5-7-12)15-11-14(18)10-13-8-9-20-17(13)15/h10-12,16,19H,2-9H2,1H3. The third-order valence-corrected chi connectivity index (χ3v) is 5.25. The first kappa shape index (κ1) is 14.4. The number of hydrogen-bond acceptors (Lipinski definition) is 2. The number of nitrogens with one attached hydrogen (secondary N) is 1. The fraction of sp³-hybridized carbons (Fsp3) is 0.647. The number of hydrogen-bond donors (Lipinski definition) is 1. The van der Waals surface area contributed by atoms with Crippen LogP contribution in [0.25, 0.3) is 0 Å². The van der Waals surface area contributed by atoms with Gasteiger partial charge in [-0.05, 0) is 43.5 Å². The average molecular weight is 338 g/mol. The largest absolute Gasteiger partial charge is 0.493 e. The molecule has 1 unspecified atom stereocenters. The molecule has 1 N–H and O–H groups in total. The SMILES string of the molecule is CNC(c1cc(Br)cc2c1OCC2)C1CCCCCC1. The molecular formula is C17H24BrNO. The molecule has 2 nitrogen and oxygen atoms in total. The summed E-state index contributed by atoms with van der Waals surface area (Å²) >= 11 is 3.67. The van der Waals surface area contributed by atoms with E-state index in [1.807, 2.05) is 0 Å². The predicted molar refractivity (Wildman–Crippen MR) is 86.3 cm³/mol. The average Bonchev–Trinajstić information content (AvgIpc) is 2.74. The molecule has 0 saturated heterocycles. The summed E-state index contributed by atoms with van der Waals surface area (Å²) < 4.78 is 7.11. The summed E-state index contributed by atoms with van der Waals surface area (Å²) in [6.07, 6.45) is 9.28. The van der Waals surface area contributed by atoms with E-state index in [2.05, 4.69) is 40.4 Å². The number of fused-ring (bicyclic) bond motifs is 1. The van der Waals surface area contributed by atoms with Gasteiger partial charge in [0.1, 0.15) is 5.75 Å². The van der Waals surface area contributed by atoms with Crippen LogP contribution in [0.1, 0.15) is 55.7 Å². The minimum Gasteiger partial charge on any atom is -0.493 e. The molecule has 1 fully saturated rings. The van der Waals surface area contributed by atoms with Crippen molar-refractivity contribution < 1.29 is 4.74 Å². The summed E-state index contributed by atoms with van der Waals surface area (Å²) in [5.41, 5.74) is 2.73. The summed E-state index contributed by atoms with van der Waals surface area (Å²) in [7, 11) is 2.10. The summed E-state index contributed by atoms with van der Waals surface area (Å²) in [5.74, 6) is 1.89. The molecule has 1 aromatic rings. The molecule has 1 aliphatic carbocycles. The van der Waals surface area contributed by atoms with Gasteiger partial charge in [-0.25, -0.2) is 0 Å². The Labute approximate surface area is 130 Å². The van der Waals surface area contributed by atoms with Gasteiger partial charge < -0.3 is 10.1 Å². The van der Waals surface area contributed by atoms with E-state index in [1.165, 1.54) is 54.1 Å². The quantitative estimate of drug-likeness (QED) is 0.813. The topological polar surface area (TPSA) is 21.3 Å². The second-order valence-corrected chi connectivity index (χ2v) is 7.02. The van der Waals surface area contributed by atoms with Gasteiger partial charge in [0.05, 0.1) is 6.61 Å². The molecule has 3 heteroatoms. The van der Waals surface area contributed by atoms with Crippen LogP contribution in [0.2, 0.25) is 0 Å². The molecule has 2 aliphatic rings. The van der Waals surface area contributed by atoms with Crippen LogP contribution in [0.5, 0.6) is 5.75 Å². The van der Waals surface area contributed by atoms with Crippen molar-refractivity contribution >= 4 is 15.9 Å². The Balaban J connectivity index is 1.92. The van der Waals surface area contributed by atoms with Crippen LogP contribution in [-0.2, 0) is 6.42 Å². The molecule has 0 radical (unpaired) electrons. The second kappa shape index (κ2) is 6.48. The molecule has 1 aromatic carbocycles. The maximum Gasteiger partial charge on any atom is 0.127 e. The third kappa shape index (κ3) is 2.89. The number of halogens is 1. The van der Waals surface area contributed by atoms with Crippen molar-refractivity contribution in [2.75, 3.05) is 13.7 Å². The molecular weight excluding hydrogens is 314 g/mol. The molecule has 0 aromatic heterocycles. The Morgan fingerprint density at radius 1 is 1.20 bits per heavy atom. The number of rotatable bonds is 3. The van der Waals surface area contributed by atoms with Gasteiger partial charge in [-0.2, -0.15) is 0 Å². The van der Waals surface area contributed by atoms with Gasteiger partial charge in [-0.15, -0.1) is 0 Å². The molecule has 1 saturated carbocycles. The van der Waals surface area contributed by atoms with Crippen LogP contribution in [-0.4, -0.2) is 13.7 Å². The summed E-state index contributed by atoms with van der Waals surface area (Å²) in [4.78, 5) is 0. The summed E-state index contributed by atoms with van der Waals surface area (Å²) in [6, 6.07) is 4.90. The molecule has 0 spiro atoms. The highest BCUT2D eigenvalue weighted by molar-refractivity contribution is 9.10. The molecule has 0 amide bonds. The van der Waals surface area contributed by atoms with E-state index >= 15 is 0 Å². The molecule has 1 aliphatic heterocycles. The van der Waals surface area contributed by atoms with Gasteiger partial charge in [-0.1, -0.05) is 41.6 Å². The molecule has 0 bridgehead atoms. The fourth-order valence-electron chi connectivity index (χ4n) is 3.82. The zero-order valence-electron chi connectivity index (χ0n) is 12.3. The van der Waals surface area contributed by atoms with Crippen LogP contribution in [0.3, 0.4) is 0 Å². The van der Waals surface area contributed by atoms with Crippen LogP contribution in [0, 0.1) is 5.92 Å². The Morgan fingerprint density at radius 2 is 1.95 bits per heavy atom. The first-order chi connectivity index (χ1) is 9.79. The van der Waals surface area contributed by atoms with E-state index in [1.54, 1.807) is 0 Å². The van der Waals surface area contributed by atoms with Crippen molar-refractivity contribution in [2.45, 2.75) is 51.0 Å². The van der Waals surface area contributed by atoms with Crippen molar-refractivity contribution in [3.63, 3.8) is 0 Å². The molecule has 3 rings (SSSR count). The van der Waals surface area contributed by atoms with E-state index in [-0.39, 0.29) is 0 Å². The second-order valence-electron chi connectivity index (χ2n) is 6.10. The third-order valence-electron chi connectivity index (χ3n) is 4.79. The number of ether oxygens (including phenoxy) is 1. The lowest BCUT2D eigenvalue weighted by Crippen LogP contribution is -2.25. The van der Waals surface area contributed by atoms with Crippen molar-refractivity contribution in [3.8, 4) is 5.75 Å². The smallest absolute Gasteiger partial charge is 0.127 e. The minimum atomic E-state index is 0.428. The van der Waals surface area contributed by atoms with Gasteiger partial charge in [0, 0.05) is 22.5 Å². The predicted octanol–water partition coefficient (Wildman–Crippen LogP) is 4.61. The Kier molecular flexibility index (Phi) is 4.67. The zero-order chi connectivity index (χ0) is 13.9. The first-order valence-electron chi connectivity index (χ1n) is 7.92. The van der Waals surface area contributed by atoms with Gasteiger partial charge >= 0.3 is 0 Å². The van der Waals surface area contributed by atoms with Crippen molar-refractivity contribution in [1.82, 2.24) is 5.32 Å². The van der Waals surface area contributed by atoms with E-state index in [0.717, 1.165) is 24.7 Å². The molecule has 110 valence electrons. The lowest BCUT2D eigenvalue weighted by Gasteiger charge is -2.28. The maximum absolute atomic E-state index is 5.93. The zero-order valence-corrected chi connectivity index (χ0v) is 13.8. The van der Waals surface area contributed by atoms with Crippen LogP contribution in [0.4, 0.5) is 0 Å². The highest BCUT2D eigenvalue weighted by Gasteiger charge is 2.28. The monoisotopic (exact) mass is 337 g/mol. The van der Waals surface area contributed by atoms with Gasteiger partial charge in [-0.3, -0.25) is 0 Å². The highest BCUT2D eigenvalue weighted by atomic mass is 79.9.